The van der Waals surface area contributed by atoms with E-state index in [2.05, 4.69) is 16.0 Å². The number of nitrogens with zero attached hydrogens (tertiary/aromatic N) is 9. The lowest BCUT2D eigenvalue weighted by Gasteiger charge is -2.43. The quantitative estimate of drug-likeness (QED) is 0.157. The first-order valence-corrected chi connectivity index (χ1v) is 37.4. The first kappa shape index (κ1) is 81.9. The fourth-order valence-electron chi connectivity index (χ4n) is 16.5. The minimum Gasteiger partial charge on any atom is -0.343 e. The number of carbonyl (C=O) groups excluding carboxylic acids is 12. The van der Waals surface area contributed by atoms with E-state index in [1.807, 2.05) is 6.92 Å². The van der Waals surface area contributed by atoms with Gasteiger partial charge in [-0.25, -0.2) is 8.78 Å². The number of rotatable bonds is 11. The summed E-state index contributed by atoms with van der Waals surface area (Å²) in [5, 5.41) is 6.96. The molecule has 0 bridgehead atoms. The Labute approximate surface area is 597 Å². The predicted molar refractivity (Wildman–Crippen MR) is 366 cm³/mol. The molecule has 0 radical (unpaired) electrons. The van der Waals surface area contributed by atoms with Crippen LogP contribution in [0, 0.1) is 29.6 Å². The van der Waals surface area contributed by atoms with Crippen LogP contribution in [0.15, 0.2) is 0 Å². The Bertz CT molecular complexity index is 2960. The van der Waals surface area contributed by atoms with E-state index in [4.69, 9.17) is 11.6 Å². The Hall–Kier alpha value is -6.42. The maximum Gasteiger partial charge on any atom is 0.393 e. The number of alkyl halides is 6. The third-order valence-corrected chi connectivity index (χ3v) is 23.6. The number of hydrogen-bond acceptors (Lipinski definition) is 12. The van der Waals surface area contributed by atoms with E-state index in [0.717, 1.165) is 53.2 Å². The summed E-state index contributed by atoms with van der Waals surface area (Å²) in [7, 11) is 9.62. The van der Waals surface area contributed by atoms with E-state index in [1.165, 1.54) is 68.9 Å². The van der Waals surface area contributed by atoms with Gasteiger partial charge in [-0.05, 0) is 107 Å². The number of amides is 12. The van der Waals surface area contributed by atoms with Crippen molar-refractivity contribution >= 4 is 82.5 Å². The van der Waals surface area contributed by atoms with Gasteiger partial charge < -0.3 is 60.0 Å². The largest absolute Gasteiger partial charge is 0.393 e. The van der Waals surface area contributed by atoms with Gasteiger partial charge in [-0.15, -0.1) is 11.6 Å². The fraction of sp³-hybridized carbons (Fsp3) is 0.831. The van der Waals surface area contributed by atoms with Gasteiger partial charge in [0.05, 0.1) is 38.5 Å². The van der Waals surface area contributed by atoms with E-state index in [0.29, 0.717) is 82.2 Å². The summed E-state index contributed by atoms with van der Waals surface area (Å²) >= 11 is 6.35. The average Bonchev–Trinajstić information content (AvgIpc) is 1.75. The summed E-state index contributed by atoms with van der Waals surface area (Å²) in [5.41, 5.74) is -1.81. The van der Waals surface area contributed by atoms with Crippen molar-refractivity contribution in [1.82, 2.24) is 60.0 Å². The van der Waals surface area contributed by atoms with Crippen molar-refractivity contribution in [2.24, 2.45) is 29.6 Å². The van der Waals surface area contributed by atoms with E-state index >= 15 is 28.0 Å². The number of likely N-dealkylation sites (N-methyl/N-ethyl adjacent to an activating group) is 7. The summed E-state index contributed by atoms with van der Waals surface area (Å²) in [6, 6.07) is -9.99. The molecule has 0 aromatic rings. The van der Waals surface area contributed by atoms with Gasteiger partial charge in [-0.1, -0.05) is 97.8 Å². The van der Waals surface area contributed by atoms with Gasteiger partial charge in [0.15, 0.2) is 0 Å². The number of fused-ring (bicyclic) bond motifs is 1. The second kappa shape index (κ2) is 35.8. The third-order valence-electron chi connectivity index (χ3n) is 23.1. The average molecular weight is 1460 g/mol. The Morgan fingerprint density at radius 3 is 1.79 bits per heavy atom. The molecular weight excluding hydrogens is 1340 g/mol. The van der Waals surface area contributed by atoms with E-state index in [1.54, 1.807) is 18.7 Å². The number of likely N-dealkylation sites (tertiary alicyclic amines) is 1. The maximum absolute atomic E-state index is 16.2. The van der Waals surface area contributed by atoms with Crippen molar-refractivity contribution in [3.8, 4) is 0 Å². The number of nitrogens with one attached hydrogen (secondary N) is 3. The van der Waals surface area contributed by atoms with E-state index in [-0.39, 0.29) is 63.7 Å². The zero-order chi connectivity index (χ0) is 74.6. The molecule has 3 unspecified atom stereocenters. The van der Waals surface area contributed by atoms with Crippen LogP contribution >= 0.6 is 11.6 Å². The molecule has 7 aliphatic rings. The van der Waals surface area contributed by atoms with Gasteiger partial charge in [0, 0.05) is 74.2 Å². The first-order chi connectivity index (χ1) is 47.5. The van der Waals surface area contributed by atoms with Gasteiger partial charge >= 0.3 is 6.18 Å². The Morgan fingerprint density at radius 2 is 1.20 bits per heavy atom. The minimum atomic E-state index is -4.58. The minimum absolute atomic E-state index is 0.00196. The highest BCUT2D eigenvalue weighted by molar-refractivity contribution is 6.21. The molecule has 11 atom stereocenters. The summed E-state index contributed by atoms with van der Waals surface area (Å²) in [6.07, 6.45) is 3.26. The molecular formula is C71H112ClF5N12O12. The summed E-state index contributed by atoms with van der Waals surface area (Å²) in [5.74, 6) is -16.3. The highest BCUT2D eigenvalue weighted by atomic mass is 35.5. The summed E-state index contributed by atoms with van der Waals surface area (Å²) in [4.78, 5) is 189. The summed E-state index contributed by atoms with van der Waals surface area (Å²) in [6.45, 7) is 2.86. The molecule has 0 aromatic heterocycles. The van der Waals surface area contributed by atoms with Gasteiger partial charge in [-0.2, -0.15) is 13.2 Å². The molecule has 4 saturated carbocycles. The molecule has 7 rings (SSSR count). The topological polar surface area (TPSA) is 270 Å². The van der Waals surface area contributed by atoms with E-state index in [9.17, 15) is 51.5 Å². The normalized spacial score (nSPS) is 30.3. The second-order valence-corrected chi connectivity index (χ2v) is 31.0. The standard InChI is InChI=1S/C71H112ClF5N12O12/c1-11-23-51-61(94)79-59(44(3)12-2)66(99)83(6)41-57(92)81(4)42-58(93)85(8)52(37-45-24-15-13-16-25-45)64(97)82(5)40-55(90)78-50(31-29-46-28-30-48(49(72)36-46)71(75,76)77)63(96)89-43-70(73,74)39-54(89)62(95)80-69(32-19-20-33-69)68(101)87(10)60(47-26-17-14-18-27-47)67(100)86(9)53(38-56(91)84(51)7)65(98)88-34-21-22-35-88/h44-54,59-60H,11-43H2,1-10H3,(H,78,90)(H,79,94)(H,80,95)/t44-,46?,48?,49?,50-,51-,52-,53-,54-,59-,60-/m0/s1. The lowest BCUT2D eigenvalue weighted by Crippen LogP contribution is -2.65. The molecule has 24 nitrogen and oxygen atoms in total. The predicted octanol–water partition coefficient (Wildman–Crippen LogP) is 6.09. The van der Waals surface area contributed by atoms with Crippen LogP contribution in [0.3, 0.4) is 0 Å². The van der Waals surface area contributed by atoms with Crippen molar-refractivity contribution in [2.45, 2.75) is 259 Å². The lowest BCUT2D eigenvalue weighted by atomic mass is 9.78. The van der Waals surface area contributed by atoms with Crippen LogP contribution in [0.25, 0.3) is 0 Å². The Morgan fingerprint density at radius 1 is 0.604 bits per heavy atom. The molecule has 7 fully saturated rings. The molecule has 3 saturated heterocycles. The molecule has 3 heterocycles. The molecule has 1 spiro atoms. The molecule has 101 heavy (non-hydrogen) atoms. The Kier molecular flexibility index (Phi) is 29.1. The first-order valence-electron chi connectivity index (χ1n) is 36.9. The Balaban J connectivity index is 1.29. The molecule has 3 aliphatic heterocycles. The second-order valence-electron chi connectivity index (χ2n) is 30.4. The molecule has 30 heteroatoms. The molecule has 12 amide bonds. The van der Waals surface area contributed by atoms with Gasteiger partial charge in [0.2, 0.25) is 70.9 Å². The van der Waals surface area contributed by atoms with E-state index < -0.39 is 199 Å². The van der Waals surface area contributed by atoms with Crippen molar-refractivity contribution in [1.29, 1.82) is 0 Å². The van der Waals surface area contributed by atoms with Gasteiger partial charge in [0.1, 0.15) is 47.8 Å². The monoisotopic (exact) mass is 1450 g/mol. The number of halogens is 6. The smallest absolute Gasteiger partial charge is 0.343 e. The molecule has 3 N–H and O–H groups in total. The maximum atomic E-state index is 16.2. The highest BCUT2D eigenvalue weighted by Gasteiger charge is 2.56. The third kappa shape index (κ3) is 20.5. The lowest BCUT2D eigenvalue weighted by molar-refractivity contribution is -0.182. The number of hydrogen-bond donors (Lipinski definition) is 3. The van der Waals surface area contributed by atoms with Crippen LogP contribution in [-0.2, 0) is 57.5 Å². The van der Waals surface area contributed by atoms with Gasteiger partial charge in [-0.3, -0.25) is 57.5 Å². The molecule has 0 aromatic carbocycles. The van der Waals surface area contributed by atoms with Crippen LogP contribution < -0.4 is 16.0 Å². The van der Waals surface area contributed by atoms with Crippen LogP contribution in [0.1, 0.15) is 194 Å². The zero-order valence-corrected chi connectivity index (χ0v) is 61.8. The van der Waals surface area contributed by atoms with Crippen LogP contribution in [0.2, 0.25) is 0 Å². The number of carbonyl (C=O) groups is 12. The summed E-state index contributed by atoms with van der Waals surface area (Å²) < 4.78 is 74.4. The van der Waals surface area contributed by atoms with Crippen molar-refractivity contribution < 1.29 is 79.5 Å². The highest BCUT2D eigenvalue weighted by Crippen LogP contribution is 2.44. The van der Waals surface area contributed by atoms with Crippen LogP contribution in [-0.4, -0.2) is 269 Å². The molecule has 570 valence electrons. The fourth-order valence-corrected chi connectivity index (χ4v) is 17.0. The van der Waals surface area contributed by atoms with Gasteiger partial charge in [0.25, 0.3) is 5.92 Å². The zero-order valence-electron chi connectivity index (χ0n) is 61.0. The van der Waals surface area contributed by atoms with Crippen molar-refractivity contribution in [3.05, 3.63) is 0 Å². The van der Waals surface area contributed by atoms with Crippen molar-refractivity contribution in [3.63, 3.8) is 0 Å². The molecule has 4 aliphatic carbocycles. The van der Waals surface area contributed by atoms with Crippen LogP contribution in [0.5, 0.6) is 0 Å². The van der Waals surface area contributed by atoms with Crippen molar-refractivity contribution in [2.75, 3.05) is 88.6 Å². The van der Waals surface area contributed by atoms with Crippen LogP contribution in [0.4, 0.5) is 22.0 Å². The SMILES string of the molecule is CCC[C@H]1C(=O)N[C@@H]([C@@H](C)CC)C(=O)N(C)CC(=O)N(C)CC(=O)N(C)[C@@H](CC2CCCCC2)C(=O)N(C)CC(=O)N[C@@H](CCC2CCC(C(F)(F)F)C(Cl)C2)C(=O)N2CC(F)(F)C[C@H]2C(=O)NC2(CCCC2)C(=O)N(C)[C@@H](C2CCCCC2)C(=O)N(C)[C@H](C(=O)N2CCCC2)CC(=O)N1C.